The van der Waals surface area contributed by atoms with Gasteiger partial charge in [0.05, 0.1) is 0 Å². The maximum Gasteiger partial charge on any atom is -0.00853 e. The summed E-state index contributed by atoms with van der Waals surface area (Å²) in [5.41, 5.74) is 3.00. The molecule has 0 amide bonds. The summed E-state index contributed by atoms with van der Waals surface area (Å²) < 4.78 is 0. The topological polar surface area (TPSA) is 0 Å². The largest absolute Gasteiger partial charge is 0.0851 e. The molecule has 3 fully saturated rings. The molecule has 0 spiro atoms. The van der Waals surface area contributed by atoms with E-state index in [9.17, 15) is 0 Å². The third-order valence-corrected chi connectivity index (χ3v) is 10.7. The molecule has 0 bridgehead atoms. The van der Waals surface area contributed by atoms with E-state index in [1.807, 2.05) is 5.57 Å². The van der Waals surface area contributed by atoms with Crippen molar-refractivity contribution < 1.29 is 0 Å². The standard InChI is InChI=1S/C29H48/c1-7-22(20(2)3)12-11-21(4)25-15-16-26-24-14-13-23-10-8-9-18-28(23,5)27(24)17-19-29(25,26)6/h11-13,20-22,24-27H,7-10,14-19H2,1-6H3/t21-,22-,24+,25-,26+,27+,28+,29-/m1/s1. The molecular weight excluding hydrogens is 348 g/mol. The molecular formula is C29H48. The summed E-state index contributed by atoms with van der Waals surface area (Å²) in [5, 5.41) is 0. The van der Waals surface area contributed by atoms with E-state index in [0.29, 0.717) is 10.8 Å². The van der Waals surface area contributed by atoms with Crippen LogP contribution in [-0.4, -0.2) is 0 Å². The Kier molecular flexibility index (Phi) is 6.14. The van der Waals surface area contributed by atoms with E-state index in [1.165, 1.54) is 64.2 Å². The van der Waals surface area contributed by atoms with Gasteiger partial charge in [-0.1, -0.05) is 71.8 Å². The molecule has 3 saturated carbocycles. The molecule has 0 N–H and O–H groups in total. The van der Waals surface area contributed by atoms with E-state index in [4.69, 9.17) is 0 Å². The second kappa shape index (κ2) is 8.20. The lowest BCUT2D eigenvalue weighted by Crippen LogP contribution is -2.49. The highest BCUT2D eigenvalue weighted by Crippen LogP contribution is 2.67. The predicted octanol–water partition coefficient (Wildman–Crippen LogP) is 8.83. The van der Waals surface area contributed by atoms with Gasteiger partial charge in [-0.15, -0.1) is 0 Å². The molecule has 0 saturated heterocycles. The van der Waals surface area contributed by atoms with Crippen LogP contribution in [0.25, 0.3) is 0 Å². The highest BCUT2D eigenvalue weighted by Gasteiger charge is 2.58. The molecule has 0 aromatic carbocycles. The summed E-state index contributed by atoms with van der Waals surface area (Å²) in [6.45, 7) is 15.0. The van der Waals surface area contributed by atoms with Gasteiger partial charge >= 0.3 is 0 Å². The van der Waals surface area contributed by atoms with E-state index in [-0.39, 0.29) is 0 Å². The van der Waals surface area contributed by atoms with Gasteiger partial charge in [-0.25, -0.2) is 0 Å². The first-order chi connectivity index (χ1) is 13.8. The van der Waals surface area contributed by atoms with Crippen LogP contribution in [0, 0.1) is 52.3 Å². The van der Waals surface area contributed by atoms with Crippen molar-refractivity contribution in [1.82, 2.24) is 0 Å². The van der Waals surface area contributed by atoms with Crippen molar-refractivity contribution in [3.05, 3.63) is 23.8 Å². The first kappa shape index (κ1) is 21.7. The van der Waals surface area contributed by atoms with E-state index < -0.39 is 0 Å². The van der Waals surface area contributed by atoms with Crippen LogP contribution in [0.5, 0.6) is 0 Å². The highest BCUT2D eigenvalue weighted by molar-refractivity contribution is 5.24. The quantitative estimate of drug-likeness (QED) is 0.407. The fourth-order valence-corrected chi connectivity index (χ4v) is 8.88. The molecule has 0 nitrogen and oxygen atoms in total. The van der Waals surface area contributed by atoms with E-state index >= 15 is 0 Å². The van der Waals surface area contributed by atoms with Crippen molar-refractivity contribution in [3.8, 4) is 0 Å². The molecule has 0 aromatic heterocycles. The minimum atomic E-state index is 0.553. The molecule has 0 aromatic rings. The number of allylic oxidation sites excluding steroid dienone is 4. The van der Waals surface area contributed by atoms with Crippen LogP contribution < -0.4 is 0 Å². The fourth-order valence-electron chi connectivity index (χ4n) is 8.88. The number of hydrogen-bond donors (Lipinski definition) is 0. The highest BCUT2D eigenvalue weighted by atomic mass is 14.6. The van der Waals surface area contributed by atoms with Gasteiger partial charge in [-0.3, -0.25) is 0 Å². The molecule has 0 aliphatic heterocycles. The van der Waals surface area contributed by atoms with Crippen LogP contribution in [0.3, 0.4) is 0 Å². The number of hydrogen-bond acceptors (Lipinski definition) is 0. The normalized spacial score (nSPS) is 44.2. The van der Waals surface area contributed by atoms with E-state index in [1.54, 1.807) is 0 Å². The molecule has 4 rings (SSSR count). The van der Waals surface area contributed by atoms with Crippen LogP contribution >= 0.6 is 0 Å². The lowest BCUT2D eigenvalue weighted by atomic mass is 9.47. The molecule has 0 radical (unpaired) electrons. The third-order valence-electron chi connectivity index (χ3n) is 10.7. The van der Waals surface area contributed by atoms with Crippen molar-refractivity contribution >= 4 is 0 Å². The first-order valence-corrected chi connectivity index (χ1v) is 13.2. The van der Waals surface area contributed by atoms with Crippen LogP contribution in [0.15, 0.2) is 23.8 Å². The summed E-state index contributed by atoms with van der Waals surface area (Å²) >= 11 is 0. The van der Waals surface area contributed by atoms with Gasteiger partial charge in [0.2, 0.25) is 0 Å². The lowest BCUT2D eigenvalue weighted by Gasteiger charge is -2.58. The maximum atomic E-state index is 2.73. The minimum absolute atomic E-state index is 0.553. The van der Waals surface area contributed by atoms with Crippen molar-refractivity contribution in [1.29, 1.82) is 0 Å². The molecule has 8 atom stereocenters. The Morgan fingerprint density at radius 3 is 2.52 bits per heavy atom. The van der Waals surface area contributed by atoms with Crippen molar-refractivity contribution in [3.63, 3.8) is 0 Å². The molecule has 29 heavy (non-hydrogen) atoms. The molecule has 4 aliphatic carbocycles. The lowest BCUT2D eigenvalue weighted by molar-refractivity contribution is -0.0462. The molecule has 4 aliphatic rings. The Hall–Kier alpha value is -0.520. The Bertz CT molecular complexity index is 638. The minimum Gasteiger partial charge on any atom is -0.0851 e. The summed E-state index contributed by atoms with van der Waals surface area (Å²) in [6, 6.07) is 0. The Morgan fingerprint density at radius 1 is 1.00 bits per heavy atom. The zero-order valence-corrected chi connectivity index (χ0v) is 20.3. The van der Waals surface area contributed by atoms with Crippen LogP contribution in [-0.2, 0) is 0 Å². The van der Waals surface area contributed by atoms with E-state index in [2.05, 4.69) is 59.8 Å². The summed E-state index contributed by atoms with van der Waals surface area (Å²) in [4.78, 5) is 0. The summed E-state index contributed by atoms with van der Waals surface area (Å²) in [6.07, 6.45) is 22.4. The summed E-state index contributed by atoms with van der Waals surface area (Å²) in [7, 11) is 0. The van der Waals surface area contributed by atoms with Crippen molar-refractivity contribution in [2.24, 2.45) is 52.3 Å². The van der Waals surface area contributed by atoms with Crippen LogP contribution in [0.2, 0.25) is 0 Å². The zero-order valence-electron chi connectivity index (χ0n) is 20.3. The Morgan fingerprint density at radius 2 is 1.79 bits per heavy atom. The monoisotopic (exact) mass is 396 g/mol. The van der Waals surface area contributed by atoms with Crippen molar-refractivity contribution in [2.45, 2.75) is 106 Å². The number of rotatable bonds is 5. The molecule has 0 unspecified atom stereocenters. The van der Waals surface area contributed by atoms with Gasteiger partial charge in [-0.05, 0) is 110 Å². The van der Waals surface area contributed by atoms with Gasteiger partial charge in [0.15, 0.2) is 0 Å². The Balaban J connectivity index is 1.52. The van der Waals surface area contributed by atoms with E-state index in [0.717, 1.165) is 41.4 Å². The SMILES string of the molecule is CC[C@H](C=C[C@@H](C)[C@H]1CC[C@H]2[C@@H]3CC=C4CCCC[C@]4(C)[C@H]3CC[C@]12C)C(C)C. The maximum absolute atomic E-state index is 2.73. The van der Waals surface area contributed by atoms with Gasteiger partial charge in [0, 0.05) is 0 Å². The molecule has 0 heterocycles. The number of fused-ring (bicyclic) bond motifs is 5. The van der Waals surface area contributed by atoms with Gasteiger partial charge in [-0.2, -0.15) is 0 Å². The first-order valence-electron chi connectivity index (χ1n) is 13.2. The van der Waals surface area contributed by atoms with Gasteiger partial charge < -0.3 is 0 Å². The second-order valence-corrected chi connectivity index (χ2v) is 12.3. The van der Waals surface area contributed by atoms with Gasteiger partial charge in [0.25, 0.3) is 0 Å². The zero-order chi connectivity index (χ0) is 20.8. The van der Waals surface area contributed by atoms with Gasteiger partial charge in [0.1, 0.15) is 0 Å². The predicted molar refractivity (Wildman–Crippen MR) is 127 cm³/mol. The molecule has 0 heteroatoms. The van der Waals surface area contributed by atoms with Crippen LogP contribution in [0.4, 0.5) is 0 Å². The fraction of sp³-hybridized carbons (Fsp3) is 0.862. The average Bonchev–Trinajstić information content (AvgIpc) is 3.05. The molecule has 164 valence electrons. The Labute approximate surface area is 182 Å². The average molecular weight is 397 g/mol. The second-order valence-electron chi connectivity index (χ2n) is 12.3. The third kappa shape index (κ3) is 3.59. The summed E-state index contributed by atoms with van der Waals surface area (Å²) in [5.74, 6) is 6.10. The van der Waals surface area contributed by atoms with Crippen LogP contribution in [0.1, 0.15) is 106 Å². The smallest absolute Gasteiger partial charge is 0.00853 e. The van der Waals surface area contributed by atoms with Crippen molar-refractivity contribution in [2.75, 3.05) is 0 Å².